The first kappa shape index (κ1) is 13.1. The monoisotopic (exact) mass is 265 g/mol. The van der Waals surface area contributed by atoms with E-state index in [1.807, 2.05) is 38.4 Å². The zero-order valence-electron chi connectivity index (χ0n) is 11.3. The van der Waals surface area contributed by atoms with E-state index in [0.717, 1.165) is 5.70 Å². The van der Waals surface area contributed by atoms with Gasteiger partial charge in [-0.15, -0.1) is 11.3 Å². The van der Waals surface area contributed by atoms with Crippen LogP contribution in [0.4, 0.5) is 0 Å². The van der Waals surface area contributed by atoms with Crippen molar-refractivity contribution >= 4 is 17.3 Å². The molecule has 4 heteroatoms. The Labute approximate surface area is 112 Å². The van der Waals surface area contributed by atoms with E-state index in [1.165, 1.54) is 4.88 Å². The molecule has 0 spiro atoms. The summed E-state index contributed by atoms with van der Waals surface area (Å²) in [5.41, 5.74) is 0.786. The lowest BCUT2D eigenvalue weighted by molar-refractivity contribution is -0.149. The van der Waals surface area contributed by atoms with Crippen LogP contribution in [0.2, 0.25) is 0 Å². The molecule has 0 unspecified atom stereocenters. The lowest BCUT2D eigenvalue weighted by Crippen LogP contribution is -2.43. The van der Waals surface area contributed by atoms with Gasteiger partial charge in [0.25, 0.3) is 0 Å². The van der Waals surface area contributed by atoms with E-state index in [-0.39, 0.29) is 17.4 Å². The van der Waals surface area contributed by atoms with Crippen molar-refractivity contribution in [2.24, 2.45) is 5.92 Å². The average molecular weight is 265 g/mol. The van der Waals surface area contributed by atoms with Crippen LogP contribution in [0, 0.1) is 5.92 Å². The number of carbonyl (C=O) groups is 1. The fourth-order valence-corrected chi connectivity index (χ4v) is 3.47. The quantitative estimate of drug-likeness (QED) is 0.787. The molecule has 0 N–H and O–H groups in total. The summed E-state index contributed by atoms with van der Waals surface area (Å²) in [6, 6.07) is 4.11. The Kier molecular flexibility index (Phi) is 3.48. The predicted molar refractivity (Wildman–Crippen MR) is 73.3 cm³/mol. The highest BCUT2D eigenvalue weighted by Crippen LogP contribution is 2.45. The standard InChI is InChI=1S/C14H19NO2S/c1-5-17-13(16)11-9-10(2)15(4)14(11,3)12-7-6-8-18-12/h6-9,11H,5H2,1-4H3/t11-,14+/m1/s1. The van der Waals surface area contributed by atoms with Crippen LogP contribution >= 0.6 is 11.3 Å². The SMILES string of the molecule is CCOC(=O)[C@H]1C=C(C)N(C)[C@]1(C)c1cccs1. The van der Waals surface area contributed by atoms with Crippen molar-refractivity contribution in [1.82, 2.24) is 4.90 Å². The van der Waals surface area contributed by atoms with Gasteiger partial charge in [-0.1, -0.05) is 6.07 Å². The van der Waals surface area contributed by atoms with Crippen molar-refractivity contribution < 1.29 is 9.53 Å². The molecular formula is C14H19NO2S. The first-order valence-corrected chi connectivity index (χ1v) is 7.02. The van der Waals surface area contributed by atoms with Crippen molar-refractivity contribution in [2.75, 3.05) is 13.7 Å². The van der Waals surface area contributed by atoms with Crippen LogP contribution in [0.5, 0.6) is 0 Å². The molecule has 0 aromatic carbocycles. The Balaban J connectivity index is 2.40. The number of hydrogen-bond acceptors (Lipinski definition) is 4. The number of nitrogens with zero attached hydrogens (tertiary/aromatic N) is 1. The number of allylic oxidation sites excluding steroid dienone is 1. The van der Waals surface area contributed by atoms with E-state index in [9.17, 15) is 4.79 Å². The van der Waals surface area contributed by atoms with E-state index in [0.29, 0.717) is 6.61 Å². The number of ether oxygens (including phenoxy) is 1. The Hall–Kier alpha value is -1.29. The van der Waals surface area contributed by atoms with Crippen LogP contribution in [0.15, 0.2) is 29.3 Å². The van der Waals surface area contributed by atoms with E-state index in [2.05, 4.69) is 17.9 Å². The summed E-state index contributed by atoms with van der Waals surface area (Å²) in [4.78, 5) is 15.5. The maximum absolute atomic E-state index is 12.2. The molecule has 0 bridgehead atoms. The van der Waals surface area contributed by atoms with Crippen molar-refractivity contribution in [3.63, 3.8) is 0 Å². The molecule has 2 rings (SSSR count). The molecule has 0 amide bonds. The van der Waals surface area contributed by atoms with Gasteiger partial charge in [-0.3, -0.25) is 4.79 Å². The molecule has 3 nitrogen and oxygen atoms in total. The van der Waals surface area contributed by atoms with Crippen molar-refractivity contribution in [1.29, 1.82) is 0 Å². The summed E-state index contributed by atoms with van der Waals surface area (Å²) in [6.45, 7) is 6.40. The van der Waals surface area contributed by atoms with Crippen molar-refractivity contribution in [3.8, 4) is 0 Å². The summed E-state index contributed by atoms with van der Waals surface area (Å²) in [5, 5.41) is 2.05. The normalized spacial score (nSPS) is 27.2. The third-order valence-electron chi connectivity index (χ3n) is 3.80. The summed E-state index contributed by atoms with van der Waals surface area (Å²) < 4.78 is 5.21. The molecule has 1 aliphatic heterocycles. The summed E-state index contributed by atoms with van der Waals surface area (Å²) in [6.07, 6.45) is 2.01. The zero-order valence-corrected chi connectivity index (χ0v) is 12.1. The molecule has 1 aromatic heterocycles. The molecule has 98 valence electrons. The second kappa shape index (κ2) is 4.76. The van der Waals surface area contributed by atoms with Crippen LogP contribution in [-0.4, -0.2) is 24.5 Å². The van der Waals surface area contributed by atoms with Gasteiger partial charge < -0.3 is 9.64 Å². The minimum Gasteiger partial charge on any atom is -0.465 e. The Bertz CT molecular complexity index is 466. The van der Waals surface area contributed by atoms with E-state index >= 15 is 0 Å². The van der Waals surface area contributed by atoms with Gasteiger partial charge in [0.15, 0.2) is 0 Å². The Morgan fingerprint density at radius 3 is 2.89 bits per heavy atom. The Morgan fingerprint density at radius 1 is 1.61 bits per heavy atom. The fraction of sp³-hybridized carbons (Fsp3) is 0.500. The van der Waals surface area contributed by atoms with Gasteiger partial charge in [-0.25, -0.2) is 0 Å². The molecule has 18 heavy (non-hydrogen) atoms. The molecule has 0 fully saturated rings. The number of hydrogen-bond donors (Lipinski definition) is 0. The average Bonchev–Trinajstić information content (AvgIpc) is 2.94. The minimum absolute atomic E-state index is 0.142. The van der Waals surface area contributed by atoms with E-state index in [4.69, 9.17) is 4.74 Å². The third-order valence-corrected chi connectivity index (χ3v) is 4.90. The Morgan fingerprint density at radius 2 is 2.33 bits per heavy atom. The fourth-order valence-electron chi connectivity index (χ4n) is 2.50. The van der Waals surface area contributed by atoms with Crippen LogP contribution < -0.4 is 0 Å². The molecule has 0 aliphatic carbocycles. The first-order valence-electron chi connectivity index (χ1n) is 6.14. The third kappa shape index (κ3) is 1.85. The molecule has 0 saturated heterocycles. The van der Waals surface area contributed by atoms with E-state index in [1.54, 1.807) is 11.3 Å². The second-order valence-corrected chi connectivity index (χ2v) is 5.67. The lowest BCUT2D eigenvalue weighted by Gasteiger charge is -2.38. The molecule has 2 heterocycles. The van der Waals surface area contributed by atoms with Gasteiger partial charge in [-0.2, -0.15) is 0 Å². The van der Waals surface area contributed by atoms with Crippen LogP contribution in [0.1, 0.15) is 25.6 Å². The van der Waals surface area contributed by atoms with Crippen LogP contribution in [0.3, 0.4) is 0 Å². The van der Waals surface area contributed by atoms with Crippen molar-refractivity contribution in [3.05, 3.63) is 34.2 Å². The molecule has 0 saturated carbocycles. The molecule has 1 aliphatic rings. The number of esters is 1. The highest BCUT2D eigenvalue weighted by atomic mass is 32.1. The minimum atomic E-state index is -0.329. The second-order valence-electron chi connectivity index (χ2n) is 4.72. The summed E-state index contributed by atoms with van der Waals surface area (Å²) in [7, 11) is 2.03. The molecule has 2 atom stereocenters. The maximum atomic E-state index is 12.2. The summed E-state index contributed by atoms with van der Waals surface area (Å²) >= 11 is 1.68. The topological polar surface area (TPSA) is 29.5 Å². The number of rotatable bonds is 3. The lowest BCUT2D eigenvalue weighted by atomic mass is 9.85. The first-order chi connectivity index (χ1) is 8.51. The van der Waals surface area contributed by atoms with Gasteiger partial charge in [0.05, 0.1) is 12.1 Å². The van der Waals surface area contributed by atoms with E-state index < -0.39 is 0 Å². The van der Waals surface area contributed by atoms with Crippen molar-refractivity contribution in [2.45, 2.75) is 26.3 Å². The highest BCUT2D eigenvalue weighted by molar-refractivity contribution is 7.10. The van der Waals surface area contributed by atoms with Gasteiger partial charge >= 0.3 is 5.97 Å². The predicted octanol–water partition coefficient (Wildman–Crippen LogP) is 2.99. The van der Waals surface area contributed by atoms with Gasteiger partial charge in [0.2, 0.25) is 0 Å². The molecule has 1 aromatic rings. The smallest absolute Gasteiger partial charge is 0.315 e. The van der Waals surface area contributed by atoms with Crippen LogP contribution in [-0.2, 0) is 15.1 Å². The summed E-state index contributed by atoms with van der Waals surface area (Å²) in [5.74, 6) is -0.377. The molecular weight excluding hydrogens is 246 g/mol. The maximum Gasteiger partial charge on any atom is 0.315 e. The van der Waals surface area contributed by atoms with Gasteiger partial charge in [-0.05, 0) is 38.3 Å². The highest BCUT2D eigenvalue weighted by Gasteiger charge is 2.48. The van der Waals surface area contributed by atoms with Gasteiger partial charge in [0.1, 0.15) is 5.92 Å². The van der Waals surface area contributed by atoms with Gasteiger partial charge in [0, 0.05) is 17.6 Å². The number of carbonyl (C=O) groups excluding carboxylic acids is 1. The van der Waals surface area contributed by atoms with Crippen LogP contribution in [0.25, 0.3) is 0 Å². The largest absolute Gasteiger partial charge is 0.465 e. The molecule has 0 radical (unpaired) electrons. The number of thiophene rings is 1. The zero-order chi connectivity index (χ0) is 13.3.